The van der Waals surface area contributed by atoms with Crippen molar-refractivity contribution in [1.82, 2.24) is 19.9 Å². The van der Waals surface area contributed by atoms with Gasteiger partial charge in [0.1, 0.15) is 22.3 Å². The summed E-state index contributed by atoms with van der Waals surface area (Å²) >= 11 is 1.28. The third-order valence-corrected chi connectivity index (χ3v) is 5.11. The molecule has 0 fully saturated rings. The first-order chi connectivity index (χ1) is 14.8. The van der Waals surface area contributed by atoms with E-state index in [1.807, 2.05) is 54.7 Å². The van der Waals surface area contributed by atoms with Crippen LogP contribution in [0.1, 0.15) is 21.9 Å². The van der Waals surface area contributed by atoms with E-state index in [1.54, 1.807) is 12.4 Å². The second-order valence-electron chi connectivity index (χ2n) is 6.45. The Morgan fingerprint density at radius 3 is 2.73 bits per heavy atom. The zero-order valence-electron chi connectivity index (χ0n) is 16.1. The molecule has 3 heterocycles. The Bertz CT molecular complexity index is 1080. The molecule has 0 saturated heterocycles. The third-order valence-electron chi connectivity index (χ3n) is 4.20. The summed E-state index contributed by atoms with van der Waals surface area (Å²) in [5.74, 6) is 2.23. The van der Waals surface area contributed by atoms with Crippen LogP contribution in [0.2, 0.25) is 0 Å². The predicted octanol–water partition coefficient (Wildman–Crippen LogP) is 4.30. The minimum Gasteiger partial charge on any atom is -0.370 e. The minimum atomic E-state index is -0.188. The molecule has 0 aliphatic carbocycles. The lowest BCUT2D eigenvalue weighted by molar-refractivity contribution is 0.103. The Morgan fingerprint density at radius 2 is 1.90 bits per heavy atom. The van der Waals surface area contributed by atoms with E-state index in [2.05, 4.69) is 35.9 Å². The third kappa shape index (κ3) is 5.42. The van der Waals surface area contributed by atoms with Gasteiger partial charge in [-0.2, -0.15) is 0 Å². The molecule has 8 nitrogen and oxygen atoms in total. The number of aryl methyl sites for hydroxylation is 1. The second kappa shape index (κ2) is 9.66. The first-order valence-electron chi connectivity index (χ1n) is 9.55. The first kappa shape index (κ1) is 19.6. The van der Waals surface area contributed by atoms with Crippen LogP contribution in [0.4, 0.5) is 22.5 Å². The summed E-state index contributed by atoms with van der Waals surface area (Å²) in [6, 6.07) is 15.0. The number of thiazole rings is 1. The van der Waals surface area contributed by atoms with Gasteiger partial charge >= 0.3 is 0 Å². The lowest BCUT2D eigenvalue weighted by Gasteiger charge is -2.07. The Hall–Kier alpha value is -3.72. The molecule has 0 aliphatic rings. The maximum Gasteiger partial charge on any atom is 0.267 e. The number of nitrogens with zero attached hydrogens (tertiary/aromatic N) is 3. The summed E-state index contributed by atoms with van der Waals surface area (Å²) < 4.78 is 0. The minimum absolute atomic E-state index is 0.188. The number of aromatic nitrogens is 4. The Labute approximate surface area is 177 Å². The van der Waals surface area contributed by atoms with Crippen LogP contribution in [0, 0.1) is 0 Å². The number of aromatic amines is 1. The summed E-state index contributed by atoms with van der Waals surface area (Å²) in [6.45, 7) is 0.790. The van der Waals surface area contributed by atoms with Gasteiger partial charge in [-0.15, -0.1) is 0 Å². The summed E-state index contributed by atoms with van der Waals surface area (Å²) in [6.07, 6.45) is 6.97. The molecule has 0 radical (unpaired) electrons. The highest BCUT2D eigenvalue weighted by molar-refractivity contribution is 7.17. The van der Waals surface area contributed by atoms with Crippen LogP contribution in [0.5, 0.6) is 0 Å². The number of carbonyl (C=O) groups excluding carboxylic acids is 1. The van der Waals surface area contributed by atoms with Crippen molar-refractivity contribution >= 4 is 39.7 Å². The van der Waals surface area contributed by atoms with Gasteiger partial charge in [0.15, 0.2) is 5.13 Å². The molecule has 30 heavy (non-hydrogen) atoms. The van der Waals surface area contributed by atoms with Crippen molar-refractivity contribution in [2.45, 2.75) is 12.8 Å². The SMILES string of the molecule is O=C(Nc1ccccc1)c1cnc(Nc2cccc(NCCCc3ncc[nH]3)n2)s1. The summed E-state index contributed by atoms with van der Waals surface area (Å²) in [7, 11) is 0. The van der Waals surface area contributed by atoms with Crippen molar-refractivity contribution in [2.75, 3.05) is 22.5 Å². The molecule has 152 valence electrons. The van der Waals surface area contributed by atoms with Crippen molar-refractivity contribution in [3.05, 3.63) is 77.8 Å². The number of anilines is 4. The van der Waals surface area contributed by atoms with Gasteiger partial charge in [0.05, 0.1) is 6.20 Å². The summed E-state index contributed by atoms with van der Waals surface area (Å²) in [4.78, 5) is 29.0. The van der Waals surface area contributed by atoms with Gasteiger partial charge in [-0.1, -0.05) is 35.6 Å². The lowest BCUT2D eigenvalue weighted by Crippen LogP contribution is -2.09. The molecule has 3 aromatic heterocycles. The molecular formula is C21H21N7OS. The molecule has 1 amide bonds. The highest BCUT2D eigenvalue weighted by atomic mass is 32.1. The fourth-order valence-corrected chi connectivity index (χ4v) is 3.49. The number of imidazole rings is 1. The highest BCUT2D eigenvalue weighted by Crippen LogP contribution is 2.23. The van der Waals surface area contributed by atoms with Crippen LogP contribution < -0.4 is 16.0 Å². The summed E-state index contributed by atoms with van der Waals surface area (Å²) in [5, 5.41) is 9.93. The van der Waals surface area contributed by atoms with E-state index in [0.29, 0.717) is 15.8 Å². The number of H-pyrrole nitrogens is 1. The molecule has 0 bridgehead atoms. The van der Waals surface area contributed by atoms with Crippen molar-refractivity contribution in [3.8, 4) is 0 Å². The van der Waals surface area contributed by atoms with E-state index < -0.39 is 0 Å². The normalized spacial score (nSPS) is 10.5. The van der Waals surface area contributed by atoms with Crippen molar-refractivity contribution in [2.24, 2.45) is 0 Å². The number of carbonyl (C=O) groups is 1. The van der Waals surface area contributed by atoms with Crippen molar-refractivity contribution in [1.29, 1.82) is 0 Å². The van der Waals surface area contributed by atoms with E-state index in [1.165, 1.54) is 11.3 Å². The van der Waals surface area contributed by atoms with E-state index in [0.717, 1.165) is 36.7 Å². The maximum absolute atomic E-state index is 12.4. The molecule has 9 heteroatoms. The standard InChI is InChI=1S/C21H21N7OS/c29-20(26-15-6-2-1-3-7-15)16-14-25-21(30-16)28-19-9-4-8-18(27-19)22-11-5-10-17-23-12-13-24-17/h1-4,6-9,12-14H,5,10-11H2,(H,23,24)(H,26,29)(H2,22,25,27,28). The van der Waals surface area contributed by atoms with E-state index in [4.69, 9.17) is 0 Å². The average molecular weight is 420 g/mol. The molecule has 0 saturated carbocycles. The molecule has 0 atom stereocenters. The van der Waals surface area contributed by atoms with Crippen molar-refractivity contribution in [3.63, 3.8) is 0 Å². The smallest absolute Gasteiger partial charge is 0.267 e. The fourth-order valence-electron chi connectivity index (χ4n) is 2.77. The largest absolute Gasteiger partial charge is 0.370 e. The molecule has 0 spiro atoms. The molecule has 4 aromatic rings. The molecular weight excluding hydrogens is 398 g/mol. The monoisotopic (exact) mass is 419 g/mol. The van der Waals surface area contributed by atoms with Gasteiger partial charge in [0.2, 0.25) is 0 Å². The number of hydrogen-bond donors (Lipinski definition) is 4. The molecule has 0 aliphatic heterocycles. The Morgan fingerprint density at radius 1 is 1.03 bits per heavy atom. The summed E-state index contributed by atoms with van der Waals surface area (Å²) in [5.41, 5.74) is 0.748. The number of nitrogens with one attached hydrogen (secondary N) is 4. The van der Waals surface area contributed by atoms with E-state index in [-0.39, 0.29) is 5.91 Å². The van der Waals surface area contributed by atoms with E-state index >= 15 is 0 Å². The molecule has 0 unspecified atom stereocenters. The number of para-hydroxylation sites is 1. The van der Waals surface area contributed by atoms with Crippen molar-refractivity contribution < 1.29 is 4.79 Å². The first-order valence-corrected chi connectivity index (χ1v) is 10.4. The van der Waals surface area contributed by atoms with Gasteiger partial charge in [0, 0.05) is 31.0 Å². The van der Waals surface area contributed by atoms with Gasteiger partial charge in [-0.3, -0.25) is 4.79 Å². The van der Waals surface area contributed by atoms with Crippen LogP contribution in [-0.4, -0.2) is 32.4 Å². The number of amides is 1. The zero-order chi connectivity index (χ0) is 20.6. The van der Waals surface area contributed by atoms with Gasteiger partial charge in [-0.05, 0) is 30.7 Å². The predicted molar refractivity (Wildman–Crippen MR) is 119 cm³/mol. The second-order valence-corrected chi connectivity index (χ2v) is 7.48. The molecule has 4 rings (SSSR count). The Balaban J connectivity index is 1.30. The van der Waals surface area contributed by atoms with E-state index in [9.17, 15) is 4.79 Å². The van der Waals surface area contributed by atoms with Gasteiger partial charge < -0.3 is 20.9 Å². The van der Waals surface area contributed by atoms with Gasteiger partial charge in [-0.25, -0.2) is 15.0 Å². The topological polar surface area (TPSA) is 108 Å². The van der Waals surface area contributed by atoms with Crippen LogP contribution >= 0.6 is 11.3 Å². The molecule has 4 N–H and O–H groups in total. The highest BCUT2D eigenvalue weighted by Gasteiger charge is 2.11. The molecule has 1 aromatic carbocycles. The average Bonchev–Trinajstić information content (AvgIpc) is 3.45. The number of pyridine rings is 1. The number of hydrogen-bond acceptors (Lipinski definition) is 7. The quantitative estimate of drug-likeness (QED) is 0.301. The van der Waals surface area contributed by atoms with Crippen LogP contribution in [0.3, 0.4) is 0 Å². The van der Waals surface area contributed by atoms with Gasteiger partial charge in [0.25, 0.3) is 5.91 Å². The number of rotatable bonds is 9. The Kier molecular flexibility index (Phi) is 6.31. The number of benzene rings is 1. The lowest BCUT2D eigenvalue weighted by atomic mass is 10.3. The van der Waals surface area contributed by atoms with Crippen LogP contribution in [0.15, 0.2) is 67.1 Å². The zero-order valence-corrected chi connectivity index (χ0v) is 16.9. The van der Waals surface area contributed by atoms with Crippen LogP contribution in [-0.2, 0) is 6.42 Å². The fraction of sp³-hybridized carbons (Fsp3) is 0.143. The maximum atomic E-state index is 12.4. The van der Waals surface area contributed by atoms with Crippen LogP contribution in [0.25, 0.3) is 0 Å².